The maximum atomic E-state index is 9.21. The Hall–Kier alpha value is -0.0800. The summed E-state index contributed by atoms with van der Waals surface area (Å²) in [6.45, 7) is 10.7. The minimum Gasteiger partial charge on any atom is -0.393 e. The normalized spacial score (nSPS) is 17.5. The van der Waals surface area contributed by atoms with Crippen molar-refractivity contribution in [3.63, 3.8) is 0 Å². The number of hydrogen-bond acceptors (Lipinski definition) is 2. The second-order valence-corrected chi connectivity index (χ2v) is 4.14. The van der Waals surface area contributed by atoms with Crippen molar-refractivity contribution in [1.82, 2.24) is 0 Å². The van der Waals surface area contributed by atoms with Gasteiger partial charge in [-0.1, -0.05) is 13.8 Å². The smallest absolute Gasteiger partial charge is 0.0624 e. The summed E-state index contributed by atoms with van der Waals surface area (Å²) >= 11 is 0. The number of aliphatic hydroxyl groups excluding tert-OH is 1. The lowest BCUT2D eigenvalue weighted by Crippen LogP contribution is -2.29. The third-order valence-corrected chi connectivity index (χ3v) is 2.41. The van der Waals surface area contributed by atoms with Crippen LogP contribution in [0, 0.1) is 5.92 Å². The van der Waals surface area contributed by atoms with Gasteiger partial charge in [0, 0.05) is 5.92 Å². The van der Waals surface area contributed by atoms with Gasteiger partial charge in [0.1, 0.15) is 0 Å². The monoisotopic (exact) mass is 174 g/mol. The predicted molar refractivity (Wildman–Crippen MR) is 51.2 cm³/mol. The Bertz CT molecular complexity index is 119. The highest BCUT2D eigenvalue weighted by Crippen LogP contribution is 2.15. The fourth-order valence-electron chi connectivity index (χ4n) is 0.598. The first kappa shape index (κ1) is 11.9. The molecule has 0 amide bonds. The highest BCUT2D eigenvalue weighted by atomic mass is 16.5. The summed E-state index contributed by atoms with van der Waals surface area (Å²) in [7, 11) is 0. The molecular formula is C10H22O2. The summed E-state index contributed by atoms with van der Waals surface area (Å²) in [5.41, 5.74) is -0.0524. The van der Waals surface area contributed by atoms with Crippen molar-refractivity contribution in [1.29, 1.82) is 0 Å². The van der Waals surface area contributed by atoms with Crippen molar-refractivity contribution in [3.05, 3.63) is 0 Å². The molecule has 0 heterocycles. The van der Waals surface area contributed by atoms with Gasteiger partial charge in [0.15, 0.2) is 0 Å². The molecule has 0 saturated heterocycles. The Morgan fingerprint density at radius 1 is 1.33 bits per heavy atom. The van der Waals surface area contributed by atoms with Gasteiger partial charge in [-0.15, -0.1) is 0 Å². The lowest BCUT2D eigenvalue weighted by Gasteiger charge is -2.26. The first-order valence-electron chi connectivity index (χ1n) is 4.71. The highest BCUT2D eigenvalue weighted by molar-refractivity contribution is 4.67. The molecule has 2 nitrogen and oxygen atoms in total. The van der Waals surface area contributed by atoms with Gasteiger partial charge < -0.3 is 9.84 Å². The molecule has 0 saturated carbocycles. The van der Waals surface area contributed by atoms with Crippen LogP contribution < -0.4 is 0 Å². The van der Waals surface area contributed by atoms with E-state index in [1.165, 1.54) is 0 Å². The van der Waals surface area contributed by atoms with E-state index in [4.69, 9.17) is 4.74 Å². The molecule has 0 aliphatic heterocycles. The Morgan fingerprint density at radius 2 is 1.83 bits per heavy atom. The van der Waals surface area contributed by atoms with E-state index < -0.39 is 0 Å². The van der Waals surface area contributed by atoms with Crippen LogP contribution in [-0.2, 0) is 4.74 Å². The van der Waals surface area contributed by atoms with Gasteiger partial charge in [0.25, 0.3) is 0 Å². The molecule has 1 N–H and O–H groups in total. The minimum absolute atomic E-state index is 0.0524. The second kappa shape index (κ2) is 4.83. The molecule has 2 heteroatoms. The third-order valence-electron chi connectivity index (χ3n) is 2.41. The first-order valence-corrected chi connectivity index (χ1v) is 4.71. The standard InChI is InChI=1S/C10H22O2/c1-6-10(4,5)12-7-8(2)9(3)11/h8-9,11H,6-7H2,1-5H3. The zero-order valence-corrected chi connectivity index (χ0v) is 8.92. The molecule has 2 unspecified atom stereocenters. The van der Waals surface area contributed by atoms with Gasteiger partial charge in [-0.3, -0.25) is 0 Å². The average molecular weight is 174 g/mol. The quantitative estimate of drug-likeness (QED) is 0.692. The van der Waals surface area contributed by atoms with Gasteiger partial charge in [0.05, 0.1) is 18.3 Å². The van der Waals surface area contributed by atoms with Crippen molar-refractivity contribution < 1.29 is 9.84 Å². The zero-order valence-electron chi connectivity index (χ0n) is 8.92. The van der Waals surface area contributed by atoms with Crippen LogP contribution in [0.4, 0.5) is 0 Å². The van der Waals surface area contributed by atoms with E-state index in [9.17, 15) is 5.11 Å². The van der Waals surface area contributed by atoms with Crippen LogP contribution in [0.25, 0.3) is 0 Å². The van der Waals surface area contributed by atoms with Crippen molar-refractivity contribution in [2.24, 2.45) is 5.92 Å². The molecule has 0 aliphatic rings. The molecule has 0 bridgehead atoms. The van der Waals surface area contributed by atoms with Crippen LogP contribution in [0.2, 0.25) is 0 Å². The lowest BCUT2D eigenvalue weighted by molar-refractivity contribution is -0.0530. The number of rotatable bonds is 5. The second-order valence-electron chi connectivity index (χ2n) is 4.14. The van der Waals surface area contributed by atoms with Crippen LogP contribution in [0.5, 0.6) is 0 Å². The molecule has 0 aliphatic carbocycles. The Labute approximate surface area is 75.9 Å². The topological polar surface area (TPSA) is 29.5 Å². The SMILES string of the molecule is CCC(C)(C)OCC(C)C(C)O. The van der Waals surface area contributed by atoms with Gasteiger partial charge in [0.2, 0.25) is 0 Å². The van der Waals surface area contributed by atoms with Gasteiger partial charge >= 0.3 is 0 Å². The van der Waals surface area contributed by atoms with Crippen molar-refractivity contribution in [2.45, 2.75) is 52.7 Å². The molecule has 0 aromatic heterocycles. The summed E-state index contributed by atoms with van der Waals surface area (Å²) in [5, 5.41) is 9.21. The molecule has 0 aromatic rings. The first-order chi connectivity index (χ1) is 5.39. The third kappa shape index (κ3) is 4.73. The maximum Gasteiger partial charge on any atom is 0.0624 e. The molecule has 0 rings (SSSR count). The van der Waals surface area contributed by atoms with E-state index in [0.717, 1.165) is 6.42 Å². The number of aliphatic hydroxyl groups is 1. The van der Waals surface area contributed by atoms with E-state index in [2.05, 4.69) is 20.8 Å². The highest BCUT2D eigenvalue weighted by Gasteiger charge is 2.18. The summed E-state index contributed by atoms with van der Waals surface area (Å²) in [4.78, 5) is 0. The van der Waals surface area contributed by atoms with Gasteiger partial charge in [-0.05, 0) is 27.2 Å². The lowest BCUT2D eigenvalue weighted by atomic mass is 10.0. The van der Waals surface area contributed by atoms with E-state index in [-0.39, 0.29) is 17.6 Å². The fourth-order valence-corrected chi connectivity index (χ4v) is 0.598. The summed E-state index contributed by atoms with van der Waals surface area (Å²) in [6.07, 6.45) is 0.720. The Morgan fingerprint density at radius 3 is 2.17 bits per heavy atom. The van der Waals surface area contributed by atoms with Crippen molar-refractivity contribution >= 4 is 0 Å². The predicted octanol–water partition coefficient (Wildman–Crippen LogP) is 2.21. The van der Waals surface area contributed by atoms with Crippen LogP contribution in [0.1, 0.15) is 41.0 Å². The molecule has 0 fully saturated rings. The fraction of sp³-hybridized carbons (Fsp3) is 1.00. The van der Waals surface area contributed by atoms with Crippen LogP contribution in [0.3, 0.4) is 0 Å². The van der Waals surface area contributed by atoms with Crippen LogP contribution in [-0.4, -0.2) is 23.4 Å². The van der Waals surface area contributed by atoms with Crippen molar-refractivity contribution in [3.8, 4) is 0 Å². The Balaban J connectivity index is 3.67. The maximum absolute atomic E-state index is 9.21. The zero-order chi connectivity index (χ0) is 9.78. The van der Waals surface area contributed by atoms with Crippen LogP contribution in [0.15, 0.2) is 0 Å². The minimum atomic E-state index is -0.280. The van der Waals surface area contributed by atoms with E-state index in [1.807, 2.05) is 6.92 Å². The molecule has 0 radical (unpaired) electrons. The van der Waals surface area contributed by atoms with Crippen molar-refractivity contribution in [2.75, 3.05) is 6.61 Å². The molecule has 0 aromatic carbocycles. The average Bonchev–Trinajstić information content (AvgIpc) is 2.00. The van der Waals surface area contributed by atoms with Gasteiger partial charge in [-0.2, -0.15) is 0 Å². The largest absolute Gasteiger partial charge is 0.393 e. The molecule has 0 spiro atoms. The molecular weight excluding hydrogens is 152 g/mol. The van der Waals surface area contributed by atoms with E-state index >= 15 is 0 Å². The number of hydrogen-bond donors (Lipinski definition) is 1. The summed E-state index contributed by atoms with van der Waals surface area (Å²) in [6, 6.07) is 0. The van der Waals surface area contributed by atoms with E-state index in [0.29, 0.717) is 6.61 Å². The molecule has 74 valence electrons. The Kier molecular flexibility index (Phi) is 4.80. The molecule has 12 heavy (non-hydrogen) atoms. The van der Waals surface area contributed by atoms with Gasteiger partial charge in [-0.25, -0.2) is 0 Å². The summed E-state index contributed by atoms with van der Waals surface area (Å²) < 4.78 is 5.64. The molecule has 2 atom stereocenters. The van der Waals surface area contributed by atoms with E-state index in [1.54, 1.807) is 6.92 Å². The summed E-state index contributed by atoms with van der Waals surface area (Å²) in [5.74, 6) is 0.218. The van der Waals surface area contributed by atoms with Crippen LogP contribution >= 0.6 is 0 Å². The number of ether oxygens (including phenoxy) is 1.